The lowest BCUT2D eigenvalue weighted by Gasteiger charge is -2.66. The first-order valence-electron chi connectivity index (χ1n) is 10.2. The first-order chi connectivity index (χ1) is 10.4. The Balaban J connectivity index is 1.73. The van der Waals surface area contributed by atoms with Crippen LogP contribution in [0.4, 0.5) is 0 Å². The van der Waals surface area contributed by atoms with E-state index >= 15 is 0 Å². The highest BCUT2D eigenvalue weighted by atomic mass is 14.9. The number of hydrogen-bond acceptors (Lipinski definition) is 1. The molecule has 0 aromatic rings. The first kappa shape index (κ1) is 15.5. The zero-order chi connectivity index (χ0) is 15.6. The van der Waals surface area contributed by atoms with Crippen molar-refractivity contribution in [3.05, 3.63) is 0 Å². The minimum atomic E-state index is 0.146. The molecular weight excluding hydrogens is 266 g/mol. The summed E-state index contributed by atoms with van der Waals surface area (Å²) in [5, 5.41) is 0. The highest BCUT2D eigenvalue weighted by Gasteiger charge is 2.63. The molecule has 0 spiro atoms. The van der Waals surface area contributed by atoms with Gasteiger partial charge in [-0.1, -0.05) is 46.5 Å². The fraction of sp³-hybridized carbons (Fsp3) is 1.00. The van der Waals surface area contributed by atoms with E-state index in [2.05, 4.69) is 20.8 Å². The summed E-state index contributed by atoms with van der Waals surface area (Å²) in [6.07, 6.45) is 15.7. The average molecular weight is 304 g/mol. The molecule has 1 nitrogen and oxygen atoms in total. The third-order valence-corrected chi connectivity index (χ3v) is 9.41. The van der Waals surface area contributed by atoms with E-state index in [4.69, 9.17) is 5.73 Å². The van der Waals surface area contributed by atoms with Gasteiger partial charge in [0.25, 0.3) is 0 Å². The summed E-state index contributed by atoms with van der Waals surface area (Å²) in [4.78, 5) is 0. The minimum Gasteiger partial charge on any atom is -0.324 e. The van der Waals surface area contributed by atoms with Crippen molar-refractivity contribution in [2.45, 2.75) is 96.9 Å². The number of rotatable bonds is 1. The lowest BCUT2D eigenvalue weighted by molar-refractivity contribution is -0.143. The Morgan fingerprint density at radius 1 is 0.909 bits per heavy atom. The van der Waals surface area contributed by atoms with Crippen molar-refractivity contribution >= 4 is 0 Å². The van der Waals surface area contributed by atoms with Gasteiger partial charge < -0.3 is 5.73 Å². The molecule has 0 amide bonds. The van der Waals surface area contributed by atoms with Gasteiger partial charge in [-0.25, -0.2) is 0 Å². The monoisotopic (exact) mass is 303 g/mol. The lowest BCUT2D eigenvalue weighted by atomic mass is 9.40. The first-order valence-corrected chi connectivity index (χ1v) is 10.2. The average Bonchev–Trinajstić information content (AvgIpc) is 2.89. The van der Waals surface area contributed by atoms with E-state index in [0.29, 0.717) is 10.8 Å². The molecule has 7 atom stereocenters. The normalized spacial score (nSPS) is 57.8. The van der Waals surface area contributed by atoms with E-state index in [-0.39, 0.29) is 5.54 Å². The fourth-order valence-electron chi connectivity index (χ4n) is 8.10. The standard InChI is InChI=1S/C21H37N/c1-4-15-14-16-17-8-7-10-19(17,2)13-9-18(16)20(3)11-5-6-12-21(15,20)22/h15-18H,4-14,22H2,1-3H3/t15-,16?,17?,18-,19?,20+,21+/m0/s1. The van der Waals surface area contributed by atoms with Gasteiger partial charge in [0.1, 0.15) is 0 Å². The van der Waals surface area contributed by atoms with Crippen LogP contribution in [0.15, 0.2) is 0 Å². The molecule has 3 unspecified atom stereocenters. The van der Waals surface area contributed by atoms with Gasteiger partial charge in [-0.3, -0.25) is 0 Å². The molecule has 2 N–H and O–H groups in total. The van der Waals surface area contributed by atoms with Crippen molar-refractivity contribution in [1.82, 2.24) is 0 Å². The van der Waals surface area contributed by atoms with Crippen molar-refractivity contribution in [3.63, 3.8) is 0 Å². The number of fused-ring (bicyclic) bond motifs is 5. The quantitative estimate of drug-likeness (QED) is 0.677. The zero-order valence-electron chi connectivity index (χ0n) is 15.2. The number of hydrogen-bond donors (Lipinski definition) is 1. The van der Waals surface area contributed by atoms with Gasteiger partial charge in [-0.2, -0.15) is 0 Å². The summed E-state index contributed by atoms with van der Waals surface area (Å²) in [6.45, 7) is 7.64. The van der Waals surface area contributed by atoms with E-state index in [1.54, 1.807) is 0 Å². The van der Waals surface area contributed by atoms with Crippen molar-refractivity contribution in [2.75, 3.05) is 0 Å². The second-order valence-corrected chi connectivity index (χ2v) is 9.97. The van der Waals surface area contributed by atoms with Crippen molar-refractivity contribution in [2.24, 2.45) is 40.2 Å². The topological polar surface area (TPSA) is 26.0 Å². The second-order valence-electron chi connectivity index (χ2n) is 9.97. The van der Waals surface area contributed by atoms with Crippen LogP contribution in [0.5, 0.6) is 0 Å². The molecule has 0 aliphatic heterocycles. The van der Waals surface area contributed by atoms with E-state index in [9.17, 15) is 0 Å². The molecule has 1 heteroatoms. The van der Waals surface area contributed by atoms with Crippen molar-refractivity contribution in [3.8, 4) is 0 Å². The van der Waals surface area contributed by atoms with Gasteiger partial charge in [-0.15, -0.1) is 0 Å². The Hall–Kier alpha value is -0.0400. The van der Waals surface area contributed by atoms with Crippen molar-refractivity contribution < 1.29 is 0 Å². The van der Waals surface area contributed by atoms with Crippen LogP contribution in [0.1, 0.15) is 91.4 Å². The summed E-state index contributed by atoms with van der Waals surface area (Å²) in [5.74, 6) is 3.72. The number of nitrogens with two attached hydrogens (primary N) is 1. The Morgan fingerprint density at radius 3 is 2.45 bits per heavy atom. The smallest absolute Gasteiger partial charge is 0.0240 e. The minimum absolute atomic E-state index is 0.146. The SMILES string of the molecule is CC[C@H]1CC2C3CCCC3(C)CC[C@@H]2[C@@]2(C)CCCC[C@@]12N. The highest BCUT2D eigenvalue weighted by molar-refractivity contribution is 5.16. The highest BCUT2D eigenvalue weighted by Crippen LogP contribution is 2.68. The molecular formula is C21H37N. The summed E-state index contributed by atoms with van der Waals surface area (Å²) in [5.41, 5.74) is 8.49. The maximum atomic E-state index is 7.23. The summed E-state index contributed by atoms with van der Waals surface area (Å²) in [7, 11) is 0. The molecule has 22 heavy (non-hydrogen) atoms. The Kier molecular flexibility index (Phi) is 3.50. The van der Waals surface area contributed by atoms with Crippen LogP contribution in [-0.4, -0.2) is 5.54 Å². The summed E-state index contributed by atoms with van der Waals surface area (Å²) in [6, 6.07) is 0. The molecule has 126 valence electrons. The fourth-order valence-corrected chi connectivity index (χ4v) is 8.10. The third kappa shape index (κ3) is 1.81. The molecule has 0 radical (unpaired) electrons. The molecule has 4 fully saturated rings. The van der Waals surface area contributed by atoms with Crippen LogP contribution in [0.2, 0.25) is 0 Å². The Labute approximate surface area is 137 Å². The molecule has 0 aromatic heterocycles. The largest absolute Gasteiger partial charge is 0.324 e. The molecule has 0 aromatic carbocycles. The Bertz CT molecular complexity index is 445. The maximum Gasteiger partial charge on any atom is 0.0240 e. The summed E-state index contributed by atoms with van der Waals surface area (Å²) >= 11 is 0. The second kappa shape index (κ2) is 4.98. The molecule has 4 aliphatic rings. The van der Waals surface area contributed by atoms with Crippen LogP contribution >= 0.6 is 0 Å². The van der Waals surface area contributed by atoms with E-state index < -0.39 is 0 Å². The third-order valence-electron chi connectivity index (χ3n) is 9.41. The molecule has 4 saturated carbocycles. The van der Waals surface area contributed by atoms with Gasteiger partial charge >= 0.3 is 0 Å². The molecule has 4 aliphatic carbocycles. The van der Waals surface area contributed by atoms with Crippen LogP contribution in [-0.2, 0) is 0 Å². The lowest BCUT2D eigenvalue weighted by Crippen LogP contribution is -2.69. The van der Waals surface area contributed by atoms with Crippen LogP contribution in [0.3, 0.4) is 0 Å². The van der Waals surface area contributed by atoms with Gasteiger partial charge in [0.05, 0.1) is 0 Å². The summed E-state index contributed by atoms with van der Waals surface area (Å²) < 4.78 is 0. The maximum absolute atomic E-state index is 7.23. The van der Waals surface area contributed by atoms with E-state index in [0.717, 1.165) is 23.7 Å². The molecule has 0 saturated heterocycles. The van der Waals surface area contributed by atoms with Gasteiger partial charge in [0.15, 0.2) is 0 Å². The van der Waals surface area contributed by atoms with Crippen molar-refractivity contribution in [1.29, 1.82) is 0 Å². The Morgan fingerprint density at radius 2 is 1.68 bits per heavy atom. The van der Waals surface area contributed by atoms with Crippen LogP contribution < -0.4 is 5.73 Å². The van der Waals surface area contributed by atoms with E-state index in [1.165, 1.54) is 70.6 Å². The van der Waals surface area contributed by atoms with E-state index in [1.807, 2.05) is 0 Å². The van der Waals surface area contributed by atoms with Gasteiger partial charge in [0.2, 0.25) is 0 Å². The van der Waals surface area contributed by atoms with Crippen LogP contribution in [0, 0.1) is 34.5 Å². The van der Waals surface area contributed by atoms with Crippen LogP contribution in [0.25, 0.3) is 0 Å². The zero-order valence-corrected chi connectivity index (χ0v) is 15.2. The molecule has 0 heterocycles. The van der Waals surface area contributed by atoms with Gasteiger partial charge in [-0.05, 0) is 79.4 Å². The molecule has 0 bridgehead atoms. The predicted octanol–water partition coefficient (Wildman–Crippen LogP) is 5.53. The predicted molar refractivity (Wildman–Crippen MR) is 93.6 cm³/mol. The van der Waals surface area contributed by atoms with Gasteiger partial charge in [0, 0.05) is 5.54 Å². The molecule has 4 rings (SSSR count).